The minimum absolute atomic E-state index is 0.117. The van der Waals surface area contributed by atoms with Gasteiger partial charge in [0.2, 0.25) is 0 Å². The molecule has 2 N–H and O–H groups in total. The van der Waals surface area contributed by atoms with E-state index in [-0.39, 0.29) is 12.2 Å². The van der Waals surface area contributed by atoms with Crippen molar-refractivity contribution in [2.45, 2.75) is 110 Å². The van der Waals surface area contributed by atoms with Crippen LogP contribution in [0, 0.1) is 0 Å². The predicted molar refractivity (Wildman–Crippen MR) is 83.4 cm³/mol. The third-order valence-corrected chi connectivity index (χ3v) is 3.86. The summed E-state index contributed by atoms with van der Waals surface area (Å²) in [5.41, 5.74) is 0. The maximum Gasteiger partial charge on any atom is 0.0540 e. The molecule has 0 aliphatic carbocycles. The van der Waals surface area contributed by atoms with E-state index >= 15 is 0 Å². The van der Waals surface area contributed by atoms with Crippen LogP contribution in [0.1, 0.15) is 97.3 Å². The fourth-order valence-electron chi connectivity index (χ4n) is 2.49. The van der Waals surface area contributed by atoms with Crippen LogP contribution in [0.4, 0.5) is 0 Å². The van der Waals surface area contributed by atoms with Crippen LogP contribution >= 0.6 is 0 Å². The lowest BCUT2D eigenvalue weighted by Gasteiger charge is -2.12. The second kappa shape index (κ2) is 14.3. The van der Waals surface area contributed by atoms with Gasteiger partial charge in [-0.05, 0) is 25.7 Å². The SMILES string of the molecule is CCCCCCC(O)CCCCC(O)CCCCC. The summed E-state index contributed by atoms with van der Waals surface area (Å²) < 4.78 is 0. The molecule has 19 heavy (non-hydrogen) atoms. The number of rotatable bonds is 14. The Morgan fingerprint density at radius 2 is 0.842 bits per heavy atom. The zero-order valence-corrected chi connectivity index (χ0v) is 13.2. The van der Waals surface area contributed by atoms with Crippen LogP contribution < -0.4 is 0 Å². The summed E-state index contributed by atoms with van der Waals surface area (Å²) in [6, 6.07) is 0. The maximum absolute atomic E-state index is 9.82. The van der Waals surface area contributed by atoms with Crippen molar-refractivity contribution in [3.8, 4) is 0 Å². The minimum Gasteiger partial charge on any atom is -0.393 e. The second-order valence-electron chi connectivity index (χ2n) is 5.94. The lowest BCUT2D eigenvalue weighted by atomic mass is 10.0. The molecule has 0 aromatic heterocycles. The van der Waals surface area contributed by atoms with Gasteiger partial charge in [-0.1, -0.05) is 71.6 Å². The van der Waals surface area contributed by atoms with Gasteiger partial charge in [-0.2, -0.15) is 0 Å². The molecule has 0 rings (SSSR count). The summed E-state index contributed by atoms with van der Waals surface area (Å²) in [7, 11) is 0. The van der Waals surface area contributed by atoms with E-state index in [0.717, 1.165) is 51.4 Å². The van der Waals surface area contributed by atoms with Crippen molar-refractivity contribution in [3.63, 3.8) is 0 Å². The third kappa shape index (κ3) is 14.1. The average Bonchev–Trinajstić information content (AvgIpc) is 2.40. The van der Waals surface area contributed by atoms with Gasteiger partial charge >= 0.3 is 0 Å². The van der Waals surface area contributed by atoms with Crippen LogP contribution in [0.25, 0.3) is 0 Å². The summed E-state index contributed by atoms with van der Waals surface area (Å²) in [6.45, 7) is 4.40. The number of unbranched alkanes of at least 4 members (excludes halogenated alkanes) is 6. The molecule has 0 bridgehead atoms. The highest BCUT2D eigenvalue weighted by Gasteiger charge is 2.06. The van der Waals surface area contributed by atoms with Crippen LogP contribution in [0.3, 0.4) is 0 Å². The summed E-state index contributed by atoms with van der Waals surface area (Å²) in [6.07, 6.45) is 14.2. The molecule has 0 spiro atoms. The van der Waals surface area contributed by atoms with E-state index in [2.05, 4.69) is 13.8 Å². The highest BCUT2D eigenvalue weighted by atomic mass is 16.3. The van der Waals surface area contributed by atoms with Gasteiger partial charge in [0.05, 0.1) is 12.2 Å². The van der Waals surface area contributed by atoms with Crippen molar-refractivity contribution in [1.29, 1.82) is 0 Å². The van der Waals surface area contributed by atoms with Crippen molar-refractivity contribution in [2.24, 2.45) is 0 Å². The monoisotopic (exact) mass is 272 g/mol. The Kier molecular flexibility index (Phi) is 14.3. The van der Waals surface area contributed by atoms with Gasteiger partial charge < -0.3 is 10.2 Å². The van der Waals surface area contributed by atoms with Gasteiger partial charge in [0.15, 0.2) is 0 Å². The zero-order valence-electron chi connectivity index (χ0n) is 13.2. The van der Waals surface area contributed by atoms with Crippen LogP contribution in [-0.2, 0) is 0 Å². The summed E-state index contributed by atoms with van der Waals surface area (Å²) in [5.74, 6) is 0. The molecule has 2 atom stereocenters. The normalized spacial score (nSPS) is 14.5. The fraction of sp³-hybridized carbons (Fsp3) is 1.00. The van der Waals surface area contributed by atoms with E-state index in [4.69, 9.17) is 0 Å². The van der Waals surface area contributed by atoms with Gasteiger partial charge in [0.1, 0.15) is 0 Å². The Morgan fingerprint density at radius 1 is 0.526 bits per heavy atom. The zero-order chi connectivity index (χ0) is 14.3. The Labute approximate surface area is 120 Å². The smallest absolute Gasteiger partial charge is 0.0540 e. The second-order valence-corrected chi connectivity index (χ2v) is 5.94. The van der Waals surface area contributed by atoms with Gasteiger partial charge in [0, 0.05) is 0 Å². The molecule has 0 fully saturated rings. The molecular formula is C17H36O2. The summed E-state index contributed by atoms with van der Waals surface area (Å²) >= 11 is 0. The summed E-state index contributed by atoms with van der Waals surface area (Å²) in [4.78, 5) is 0. The highest BCUT2D eigenvalue weighted by Crippen LogP contribution is 2.14. The molecule has 2 nitrogen and oxygen atoms in total. The van der Waals surface area contributed by atoms with Crippen LogP contribution in [0.15, 0.2) is 0 Å². The molecule has 0 aliphatic rings. The fourth-order valence-corrected chi connectivity index (χ4v) is 2.49. The number of hydrogen-bond acceptors (Lipinski definition) is 2. The highest BCUT2D eigenvalue weighted by molar-refractivity contribution is 4.60. The van der Waals surface area contributed by atoms with Crippen molar-refractivity contribution in [3.05, 3.63) is 0 Å². The average molecular weight is 272 g/mol. The first-order chi connectivity index (χ1) is 9.20. The number of aliphatic hydroxyl groups is 2. The van der Waals surface area contributed by atoms with Crippen LogP contribution in [0.2, 0.25) is 0 Å². The first-order valence-electron chi connectivity index (χ1n) is 8.56. The molecule has 0 amide bonds. The lowest BCUT2D eigenvalue weighted by Crippen LogP contribution is -2.09. The molecule has 0 radical (unpaired) electrons. The molecule has 0 saturated carbocycles. The summed E-state index contributed by atoms with van der Waals surface area (Å²) in [5, 5.41) is 19.6. The standard InChI is InChI=1S/C17H36O2/c1-3-5-7-9-13-17(19)15-11-10-14-16(18)12-8-6-4-2/h16-19H,3-15H2,1-2H3. The molecule has 2 heteroatoms. The lowest BCUT2D eigenvalue weighted by molar-refractivity contribution is 0.132. The Hall–Kier alpha value is -0.0800. The van der Waals surface area contributed by atoms with Crippen LogP contribution in [-0.4, -0.2) is 22.4 Å². The largest absolute Gasteiger partial charge is 0.393 e. The van der Waals surface area contributed by atoms with Gasteiger partial charge in [-0.25, -0.2) is 0 Å². The molecule has 2 unspecified atom stereocenters. The first kappa shape index (κ1) is 18.9. The number of aliphatic hydroxyl groups excluding tert-OH is 2. The minimum atomic E-state index is -0.117. The quantitative estimate of drug-likeness (QED) is 0.445. The topological polar surface area (TPSA) is 40.5 Å². The van der Waals surface area contributed by atoms with Crippen molar-refractivity contribution in [2.75, 3.05) is 0 Å². The van der Waals surface area contributed by atoms with E-state index in [1.54, 1.807) is 0 Å². The van der Waals surface area contributed by atoms with Crippen molar-refractivity contribution >= 4 is 0 Å². The van der Waals surface area contributed by atoms with E-state index < -0.39 is 0 Å². The van der Waals surface area contributed by atoms with Crippen molar-refractivity contribution in [1.82, 2.24) is 0 Å². The number of hydrogen-bond donors (Lipinski definition) is 2. The Bertz CT molecular complexity index is 171. The Balaban J connectivity index is 3.27. The van der Waals surface area contributed by atoms with Gasteiger partial charge in [-0.3, -0.25) is 0 Å². The Morgan fingerprint density at radius 3 is 1.26 bits per heavy atom. The van der Waals surface area contributed by atoms with E-state index in [9.17, 15) is 10.2 Å². The molecule has 0 heterocycles. The van der Waals surface area contributed by atoms with Crippen LogP contribution in [0.5, 0.6) is 0 Å². The molecule has 0 aromatic carbocycles. The molecule has 0 aliphatic heterocycles. The first-order valence-corrected chi connectivity index (χ1v) is 8.56. The van der Waals surface area contributed by atoms with Gasteiger partial charge in [-0.15, -0.1) is 0 Å². The van der Waals surface area contributed by atoms with E-state index in [1.807, 2.05) is 0 Å². The molecule has 0 aromatic rings. The molecule has 0 saturated heterocycles. The van der Waals surface area contributed by atoms with Crippen molar-refractivity contribution < 1.29 is 10.2 Å². The van der Waals surface area contributed by atoms with E-state index in [0.29, 0.717) is 0 Å². The predicted octanol–water partition coefficient (Wildman–Crippen LogP) is 4.82. The van der Waals surface area contributed by atoms with Gasteiger partial charge in [0.25, 0.3) is 0 Å². The molecule has 116 valence electrons. The maximum atomic E-state index is 9.82. The molecular weight excluding hydrogens is 236 g/mol. The third-order valence-electron chi connectivity index (χ3n) is 3.86. The van der Waals surface area contributed by atoms with E-state index in [1.165, 1.54) is 32.1 Å².